The highest BCUT2D eigenvalue weighted by Gasteiger charge is 2.53. The Morgan fingerprint density at radius 2 is 1.94 bits per heavy atom. The van der Waals surface area contributed by atoms with Gasteiger partial charge in [-0.15, -0.1) is 0 Å². The van der Waals surface area contributed by atoms with Crippen LogP contribution in [0.4, 0.5) is 10.1 Å². The molecule has 1 N–H and O–H groups in total. The van der Waals surface area contributed by atoms with Crippen LogP contribution in [0.3, 0.4) is 0 Å². The number of nitrogens with zero attached hydrogens (tertiary/aromatic N) is 1. The fourth-order valence-corrected chi connectivity index (χ4v) is 5.75. The molecule has 2 saturated heterocycles. The second-order valence-corrected chi connectivity index (χ2v) is 11.2. The standard InChI is InChI=1S/C26H27FN2O6S/c1-26(2,16-30)10-11-33-19-9-8-18-12-22(34-14-17-6-4-3-5-7-17)24(23(27)20(18)13-19)29-21-15-35-25(21)28-36(29,31)32/h3-9,12-13,16,21,25,28H,10-11,14-15H2,1-2H3. The quantitative estimate of drug-likeness (QED) is 0.435. The number of nitrogens with one attached hydrogen (secondary N) is 1. The van der Waals surface area contributed by atoms with Crippen LogP contribution in [0.1, 0.15) is 25.8 Å². The molecule has 2 heterocycles. The Balaban J connectivity index is 1.53. The van der Waals surface area contributed by atoms with E-state index in [1.807, 2.05) is 44.2 Å². The smallest absolute Gasteiger partial charge is 0.304 e. The van der Waals surface area contributed by atoms with Gasteiger partial charge in [-0.2, -0.15) is 13.1 Å². The molecule has 2 atom stereocenters. The number of halogens is 1. The highest BCUT2D eigenvalue weighted by Crippen LogP contribution is 2.44. The second-order valence-electron chi connectivity index (χ2n) is 9.64. The van der Waals surface area contributed by atoms with E-state index in [1.165, 1.54) is 6.07 Å². The number of aldehydes is 1. The topological polar surface area (TPSA) is 94.2 Å². The Labute approximate surface area is 209 Å². The SMILES string of the molecule is CC(C)(C=O)CCOc1ccc2cc(OCc3ccccc3)c(N3C4COC4NS3(=O)=O)c(F)c2c1. The molecule has 2 unspecified atom stereocenters. The summed E-state index contributed by atoms with van der Waals surface area (Å²) in [5.74, 6) is -0.199. The first-order valence-corrected chi connectivity index (χ1v) is 13.1. The Bertz CT molecular complexity index is 1400. The number of hydrogen-bond acceptors (Lipinski definition) is 6. The van der Waals surface area contributed by atoms with Gasteiger partial charge in [0.2, 0.25) is 0 Å². The largest absolute Gasteiger partial charge is 0.494 e. The fourth-order valence-electron chi connectivity index (χ4n) is 4.18. The molecule has 0 spiro atoms. The Kier molecular flexibility index (Phi) is 6.36. The van der Waals surface area contributed by atoms with Crippen molar-refractivity contribution in [2.24, 2.45) is 5.41 Å². The molecule has 0 bridgehead atoms. The van der Waals surface area contributed by atoms with Gasteiger partial charge < -0.3 is 19.0 Å². The summed E-state index contributed by atoms with van der Waals surface area (Å²) in [4.78, 5) is 11.1. The number of hydrogen-bond donors (Lipinski definition) is 1. The summed E-state index contributed by atoms with van der Waals surface area (Å²) < 4.78 is 62.5. The van der Waals surface area contributed by atoms with Gasteiger partial charge in [0.25, 0.3) is 0 Å². The van der Waals surface area contributed by atoms with Crippen molar-refractivity contribution in [2.45, 2.75) is 39.1 Å². The van der Waals surface area contributed by atoms with E-state index in [0.29, 0.717) is 17.6 Å². The molecule has 8 nitrogen and oxygen atoms in total. The predicted molar refractivity (Wildman–Crippen MR) is 133 cm³/mol. The molecule has 3 aromatic carbocycles. The minimum Gasteiger partial charge on any atom is -0.494 e. The Morgan fingerprint density at radius 3 is 2.61 bits per heavy atom. The first kappa shape index (κ1) is 24.5. The van der Waals surface area contributed by atoms with Gasteiger partial charge in [-0.3, -0.25) is 0 Å². The number of fused-ring (bicyclic) bond motifs is 2. The fraction of sp³-hybridized carbons (Fsp3) is 0.346. The van der Waals surface area contributed by atoms with Gasteiger partial charge in [0, 0.05) is 10.8 Å². The summed E-state index contributed by atoms with van der Waals surface area (Å²) in [6, 6.07) is 15.4. The summed E-state index contributed by atoms with van der Waals surface area (Å²) in [5, 5.41) is 0.731. The van der Waals surface area contributed by atoms with Crippen molar-refractivity contribution in [1.82, 2.24) is 4.72 Å². The zero-order valence-corrected chi connectivity index (χ0v) is 20.8. The summed E-state index contributed by atoms with van der Waals surface area (Å²) in [6.07, 6.45) is 0.639. The maximum absolute atomic E-state index is 16.2. The molecule has 2 aliphatic rings. The molecule has 10 heteroatoms. The van der Waals surface area contributed by atoms with Gasteiger partial charge in [-0.25, -0.2) is 8.70 Å². The molecular formula is C26H27FN2O6S. The normalized spacial score (nSPS) is 20.6. The van der Waals surface area contributed by atoms with Crippen molar-refractivity contribution >= 4 is 33.0 Å². The van der Waals surface area contributed by atoms with E-state index in [0.717, 1.165) is 16.2 Å². The van der Waals surface area contributed by atoms with Crippen molar-refractivity contribution in [3.63, 3.8) is 0 Å². The number of ether oxygens (including phenoxy) is 3. The average molecular weight is 515 g/mol. The molecule has 36 heavy (non-hydrogen) atoms. The molecule has 0 saturated carbocycles. The molecule has 2 fully saturated rings. The number of benzene rings is 3. The van der Waals surface area contributed by atoms with Crippen LogP contribution in [0.15, 0.2) is 54.6 Å². The lowest BCUT2D eigenvalue weighted by atomic mass is 9.92. The highest BCUT2D eigenvalue weighted by molar-refractivity contribution is 7.91. The summed E-state index contributed by atoms with van der Waals surface area (Å²) >= 11 is 0. The highest BCUT2D eigenvalue weighted by atomic mass is 32.2. The molecule has 0 radical (unpaired) electrons. The third-order valence-electron chi connectivity index (χ3n) is 6.40. The van der Waals surface area contributed by atoms with Crippen LogP contribution in [0.5, 0.6) is 11.5 Å². The average Bonchev–Trinajstić information content (AvgIpc) is 3.02. The van der Waals surface area contributed by atoms with Crippen LogP contribution in [0.2, 0.25) is 0 Å². The van der Waals surface area contributed by atoms with E-state index < -0.39 is 33.7 Å². The third kappa shape index (κ3) is 4.63. The zero-order valence-electron chi connectivity index (χ0n) is 19.9. The van der Waals surface area contributed by atoms with Gasteiger partial charge in [-0.1, -0.05) is 50.2 Å². The summed E-state index contributed by atoms with van der Waals surface area (Å²) in [5.41, 5.74) is 0.165. The van der Waals surface area contributed by atoms with Crippen LogP contribution in [0, 0.1) is 11.2 Å². The minimum absolute atomic E-state index is 0.114. The predicted octanol–water partition coefficient (Wildman–Crippen LogP) is 3.93. The van der Waals surface area contributed by atoms with E-state index in [2.05, 4.69) is 4.72 Å². The molecule has 0 amide bonds. The molecule has 5 rings (SSSR count). The first-order chi connectivity index (χ1) is 17.2. The molecule has 190 valence electrons. The van der Waals surface area contributed by atoms with E-state index in [4.69, 9.17) is 14.2 Å². The molecule has 2 aliphatic heterocycles. The zero-order chi connectivity index (χ0) is 25.5. The maximum atomic E-state index is 16.2. The van der Waals surface area contributed by atoms with Crippen molar-refractivity contribution in [2.75, 3.05) is 17.5 Å². The monoisotopic (exact) mass is 514 g/mol. The van der Waals surface area contributed by atoms with Crippen LogP contribution >= 0.6 is 0 Å². The molecule has 0 aliphatic carbocycles. The van der Waals surface area contributed by atoms with Crippen molar-refractivity contribution < 1.29 is 31.8 Å². The molecular weight excluding hydrogens is 487 g/mol. The van der Waals surface area contributed by atoms with Gasteiger partial charge >= 0.3 is 10.2 Å². The third-order valence-corrected chi connectivity index (χ3v) is 7.90. The Hall–Kier alpha value is -3.21. The van der Waals surface area contributed by atoms with Crippen LogP contribution < -0.4 is 18.5 Å². The summed E-state index contributed by atoms with van der Waals surface area (Å²) in [7, 11) is -4.04. The summed E-state index contributed by atoms with van der Waals surface area (Å²) in [6.45, 7) is 4.18. The maximum Gasteiger partial charge on any atom is 0.304 e. The van der Waals surface area contributed by atoms with Gasteiger partial charge in [0.1, 0.15) is 42.3 Å². The van der Waals surface area contributed by atoms with Crippen LogP contribution in [-0.4, -0.2) is 40.2 Å². The lowest BCUT2D eigenvalue weighted by Crippen LogP contribution is -2.52. The Morgan fingerprint density at radius 1 is 1.17 bits per heavy atom. The van der Waals surface area contributed by atoms with Gasteiger partial charge in [0.15, 0.2) is 5.82 Å². The number of rotatable bonds is 9. The van der Waals surface area contributed by atoms with E-state index >= 15 is 4.39 Å². The number of carbonyl (C=O) groups is 1. The van der Waals surface area contributed by atoms with E-state index in [-0.39, 0.29) is 36.6 Å². The second kappa shape index (κ2) is 9.34. The lowest BCUT2D eigenvalue weighted by molar-refractivity contribution is -0.115. The van der Waals surface area contributed by atoms with Crippen LogP contribution in [0.25, 0.3) is 10.8 Å². The van der Waals surface area contributed by atoms with E-state index in [9.17, 15) is 13.2 Å². The minimum atomic E-state index is -4.04. The van der Waals surface area contributed by atoms with Gasteiger partial charge in [-0.05, 0) is 35.6 Å². The molecule has 3 aromatic rings. The van der Waals surface area contributed by atoms with Crippen molar-refractivity contribution in [1.29, 1.82) is 0 Å². The van der Waals surface area contributed by atoms with Crippen molar-refractivity contribution in [3.05, 3.63) is 66.0 Å². The van der Waals surface area contributed by atoms with Crippen LogP contribution in [-0.2, 0) is 26.3 Å². The number of anilines is 1. The van der Waals surface area contributed by atoms with Crippen molar-refractivity contribution in [3.8, 4) is 11.5 Å². The molecule has 0 aromatic heterocycles. The van der Waals surface area contributed by atoms with Gasteiger partial charge in [0.05, 0.1) is 13.2 Å². The first-order valence-electron chi connectivity index (χ1n) is 11.6. The van der Waals surface area contributed by atoms with E-state index in [1.54, 1.807) is 18.2 Å². The number of carbonyl (C=O) groups excluding carboxylic acids is 1. The lowest BCUT2D eigenvalue weighted by Gasteiger charge is -2.34.